The minimum Gasteiger partial charge on any atom is -0.481 e. The molecule has 0 heterocycles. The Morgan fingerprint density at radius 3 is 1.88 bits per heavy atom. The van der Waals surface area contributed by atoms with Gasteiger partial charge >= 0.3 is 23.9 Å². The molecule has 8 heteroatoms. The van der Waals surface area contributed by atoms with Crippen LogP contribution in [0, 0.1) is 40.9 Å². The van der Waals surface area contributed by atoms with E-state index in [4.69, 9.17) is 0 Å². The number of rotatable bonds is 6. The Hall–Kier alpha value is -2.12. The molecule has 4 N–H and O–H groups in total. The predicted molar refractivity (Wildman–Crippen MR) is 79.1 cm³/mol. The highest BCUT2D eigenvalue weighted by atomic mass is 16.4. The molecule has 0 radical (unpaired) electrons. The number of carbonyl (C=O) groups is 4. The van der Waals surface area contributed by atoms with Crippen molar-refractivity contribution in [2.75, 3.05) is 0 Å². The lowest BCUT2D eigenvalue weighted by Gasteiger charge is -2.65. The normalized spacial score (nSPS) is 39.2. The molecule has 0 aromatic carbocycles. The molecule has 24 heavy (non-hydrogen) atoms. The number of hydrogen-bond donors (Lipinski definition) is 4. The van der Waals surface area contributed by atoms with Gasteiger partial charge in [-0.3, -0.25) is 19.2 Å². The van der Waals surface area contributed by atoms with Gasteiger partial charge in [0.1, 0.15) is 0 Å². The van der Waals surface area contributed by atoms with Crippen LogP contribution in [-0.4, -0.2) is 44.3 Å². The van der Waals surface area contributed by atoms with E-state index in [1.165, 1.54) is 0 Å². The molecule has 2 saturated carbocycles. The summed E-state index contributed by atoms with van der Waals surface area (Å²) in [5, 5.41) is 37.8. The zero-order valence-electron chi connectivity index (χ0n) is 13.5. The van der Waals surface area contributed by atoms with Gasteiger partial charge in [-0.2, -0.15) is 0 Å². The monoisotopic (exact) mass is 342 g/mol. The molecule has 7 unspecified atom stereocenters. The average molecular weight is 342 g/mol. The lowest BCUT2D eigenvalue weighted by atomic mass is 9.36. The molecule has 0 aromatic rings. The fourth-order valence-corrected chi connectivity index (χ4v) is 5.10. The topological polar surface area (TPSA) is 149 Å². The van der Waals surface area contributed by atoms with Crippen LogP contribution in [0.5, 0.6) is 0 Å². The van der Waals surface area contributed by atoms with E-state index in [9.17, 15) is 39.6 Å². The minimum absolute atomic E-state index is 0.111. The maximum atomic E-state index is 11.7. The van der Waals surface area contributed by atoms with Crippen molar-refractivity contribution in [3.05, 3.63) is 0 Å². The van der Waals surface area contributed by atoms with Gasteiger partial charge in [0.05, 0.1) is 23.7 Å². The third-order valence-electron chi connectivity index (χ3n) is 6.34. The Balaban J connectivity index is 2.54. The molecule has 0 amide bonds. The smallest absolute Gasteiger partial charge is 0.307 e. The van der Waals surface area contributed by atoms with Gasteiger partial charge in [-0.15, -0.1) is 0 Å². The second kappa shape index (κ2) is 6.07. The van der Waals surface area contributed by atoms with Crippen LogP contribution < -0.4 is 0 Å². The summed E-state index contributed by atoms with van der Waals surface area (Å²) in [6, 6.07) is 0. The van der Waals surface area contributed by atoms with Gasteiger partial charge in [-0.25, -0.2) is 0 Å². The molecule has 2 aliphatic rings. The molecular weight excluding hydrogens is 320 g/mol. The van der Waals surface area contributed by atoms with Crippen molar-refractivity contribution in [1.82, 2.24) is 0 Å². The molecule has 2 aliphatic carbocycles. The average Bonchev–Trinajstić information content (AvgIpc) is 2.45. The zero-order valence-corrected chi connectivity index (χ0v) is 13.5. The summed E-state index contributed by atoms with van der Waals surface area (Å²) in [6.45, 7) is 3.63. The van der Waals surface area contributed by atoms with E-state index in [0.29, 0.717) is 6.42 Å². The van der Waals surface area contributed by atoms with Crippen LogP contribution in [0.4, 0.5) is 0 Å². The quantitative estimate of drug-likeness (QED) is 0.563. The molecule has 0 bridgehead atoms. The van der Waals surface area contributed by atoms with Crippen molar-refractivity contribution in [2.45, 2.75) is 33.1 Å². The standard InChI is InChI=1S/C16H22O8/c1-3-6(2)16-5-8(13(19)20)7(12(17)18)4-9(16)10(14(21)22)11(16)15(23)24/h6-11H,3-5H2,1-2H3,(H,17,18)(H,19,20)(H,21,22)(H,23,24). The molecule has 0 saturated heterocycles. The number of hydrogen-bond acceptors (Lipinski definition) is 4. The molecule has 0 aromatic heterocycles. The van der Waals surface area contributed by atoms with E-state index in [2.05, 4.69) is 0 Å². The second-order valence-corrected chi connectivity index (χ2v) is 7.04. The van der Waals surface area contributed by atoms with E-state index >= 15 is 0 Å². The summed E-state index contributed by atoms with van der Waals surface area (Å²) in [6.07, 6.45) is 0.341. The van der Waals surface area contributed by atoms with Crippen LogP contribution in [0.1, 0.15) is 33.1 Å². The fraction of sp³-hybridized carbons (Fsp3) is 0.750. The third-order valence-corrected chi connectivity index (χ3v) is 6.34. The molecule has 0 spiro atoms. The Morgan fingerprint density at radius 2 is 1.50 bits per heavy atom. The van der Waals surface area contributed by atoms with Gasteiger partial charge in [0.15, 0.2) is 0 Å². The molecular formula is C16H22O8. The fourth-order valence-electron chi connectivity index (χ4n) is 5.10. The lowest BCUT2D eigenvalue weighted by molar-refractivity contribution is -0.229. The van der Waals surface area contributed by atoms with Crippen LogP contribution in [0.2, 0.25) is 0 Å². The number of aliphatic carboxylic acids is 4. The first-order chi connectivity index (χ1) is 11.1. The molecule has 2 rings (SSSR count). The summed E-state index contributed by atoms with van der Waals surface area (Å²) in [7, 11) is 0. The Labute approximate surface area is 138 Å². The second-order valence-electron chi connectivity index (χ2n) is 7.04. The van der Waals surface area contributed by atoms with Crippen molar-refractivity contribution in [3.8, 4) is 0 Å². The van der Waals surface area contributed by atoms with Gasteiger partial charge in [0.2, 0.25) is 0 Å². The summed E-state index contributed by atoms with van der Waals surface area (Å²) in [4.78, 5) is 46.3. The first kappa shape index (κ1) is 18.2. The van der Waals surface area contributed by atoms with E-state index in [-0.39, 0.29) is 18.8 Å². The van der Waals surface area contributed by atoms with Gasteiger partial charge in [-0.05, 0) is 30.1 Å². The van der Waals surface area contributed by atoms with E-state index in [0.717, 1.165) is 0 Å². The number of fused-ring (bicyclic) bond motifs is 1. The molecule has 2 fully saturated rings. The van der Waals surface area contributed by atoms with Crippen molar-refractivity contribution >= 4 is 23.9 Å². The SMILES string of the molecule is CCC(C)C12CC(C(=O)O)C(C(=O)O)CC1C(C(=O)O)C2C(=O)O. The Bertz CT molecular complexity index is 573. The minimum atomic E-state index is -1.27. The van der Waals surface area contributed by atoms with Crippen LogP contribution in [0.25, 0.3) is 0 Å². The Morgan fingerprint density at radius 1 is 0.958 bits per heavy atom. The highest BCUT2D eigenvalue weighted by Gasteiger charge is 2.72. The largest absolute Gasteiger partial charge is 0.481 e. The van der Waals surface area contributed by atoms with Crippen LogP contribution >= 0.6 is 0 Å². The highest BCUT2D eigenvalue weighted by molar-refractivity contribution is 5.86. The van der Waals surface area contributed by atoms with Crippen molar-refractivity contribution in [2.24, 2.45) is 40.9 Å². The van der Waals surface area contributed by atoms with Crippen molar-refractivity contribution < 1.29 is 39.6 Å². The van der Waals surface area contributed by atoms with Crippen LogP contribution in [0.3, 0.4) is 0 Å². The van der Waals surface area contributed by atoms with Crippen molar-refractivity contribution in [1.29, 1.82) is 0 Å². The zero-order chi connectivity index (χ0) is 18.4. The van der Waals surface area contributed by atoms with Gasteiger partial charge < -0.3 is 20.4 Å². The first-order valence-corrected chi connectivity index (χ1v) is 8.00. The van der Waals surface area contributed by atoms with E-state index < -0.39 is 58.9 Å². The summed E-state index contributed by atoms with van der Waals surface area (Å²) >= 11 is 0. The van der Waals surface area contributed by atoms with Gasteiger partial charge in [0, 0.05) is 0 Å². The van der Waals surface area contributed by atoms with E-state index in [1.54, 1.807) is 6.92 Å². The van der Waals surface area contributed by atoms with Gasteiger partial charge in [-0.1, -0.05) is 20.3 Å². The van der Waals surface area contributed by atoms with Crippen molar-refractivity contribution in [3.63, 3.8) is 0 Å². The summed E-state index contributed by atoms with van der Waals surface area (Å²) in [5.41, 5.74) is -0.987. The number of carboxylic acids is 4. The highest BCUT2D eigenvalue weighted by Crippen LogP contribution is 2.68. The maximum absolute atomic E-state index is 11.7. The Kier molecular flexibility index (Phi) is 4.61. The molecule has 7 atom stereocenters. The number of carboxylic acid groups (broad SMARTS) is 4. The van der Waals surface area contributed by atoms with E-state index in [1.807, 2.05) is 6.92 Å². The van der Waals surface area contributed by atoms with Crippen LogP contribution in [0.15, 0.2) is 0 Å². The summed E-state index contributed by atoms with van der Waals surface area (Å²) in [5.74, 6) is -10.7. The van der Waals surface area contributed by atoms with Crippen LogP contribution in [-0.2, 0) is 19.2 Å². The molecule has 134 valence electrons. The van der Waals surface area contributed by atoms with Gasteiger partial charge in [0.25, 0.3) is 0 Å². The summed E-state index contributed by atoms with van der Waals surface area (Å²) < 4.78 is 0. The molecule has 0 aliphatic heterocycles. The lowest BCUT2D eigenvalue weighted by Crippen LogP contribution is -2.68. The molecule has 8 nitrogen and oxygen atoms in total. The maximum Gasteiger partial charge on any atom is 0.307 e. The predicted octanol–water partition coefficient (Wildman–Crippen LogP) is 1.25. The first-order valence-electron chi connectivity index (χ1n) is 8.00. The third kappa shape index (κ3) is 2.35.